The first kappa shape index (κ1) is 8.57. The van der Waals surface area contributed by atoms with Crippen molar-refractivity contribution in [2.45, 2.75) is 26.7 Å². The minimum atomic E-state index is 0.268. The number of carbonyl (C=O) groups excluding carboxylic acids is 1. The van der Waals surface area contributed by atoms with Gasteiger partial charge in [-0.05, 0) is 18.3 Å². The van der Waals surface area contributed by atoms with E-state index in [4.69, 9.17) is 0 Å². The van der Waals surface area contributed by atoms with Crippen molar-refractivity contribution in [3.05, 3.63) is 0 Å². The highest BCUT2D eigenvalue weighted by Gasteiger charge is 2.33. The van der Waals surface area contributed by atoms with E-state index in [0.717, 1.165) is 18.4 Å². The van der Waals surface area contributed by atoms with Gasteiger partial charge in [0.05, 0.1) is 0 Å². The molecular weight excluding hydrogens is 138 g/mol. The first-order valence-electron chi connectivity index (χ1n) is 4.39. The highest BCUT2D eigenvalue weighted by Crippen LogP contribution is 2.37. The van der Waals surface area contributed by atoms with Gasteiger partial charge in [0.1, 0.15) is 0 Å². The summed E-state index contributed by atoms with van der Waals surface area (Å²) >= 11 is 0. The monoisotopic (exact) mass is 155 g/mol. The van der Waals surface area contributed by atoms with Crippen LogP contribution in [-0.2, 0) is 4.79 Å². The molecule has 1 aliphatic rings. The average Bonchev–Trinajstić information content (AvgIpc) is 2.65. The maximum atomic E-state index is 11.1. The Hall–Kier alpha value is -0.530. The second-order valence-corrected chi connectivity index (χ2v) is 3.60. The SMILES string of the molecule is CCC(=O)N(C)CC1CC1C. The van der Waals surface area contributed by atoms with Gasteiger partial charge in [-0.2, -0.15) is 0 Å². The molecule has 0 aromatic rings. The van der Waals surface area contributed by atoms with E-state index in [1.54, 1.807) is 0 Å². The zero-order valence-corrected chi connectivity index (χ0v) is 7.63. The van der Waals surface area contributed by atoms with Crippen molar-refractivity contribution >= 4 is 5.91 Å². The lowest BCUT2D eigenvalue weighted by Gasteiger charge is -2.15. The van der Waals surface area contributed by atoms with Crippen molar-refractivity contribution in [1.82, 2.24) is 4.90 Å². The zero-order chi connectivity index (χ0) is 8.43. The van der Waals surface area contributed by atoms with Crippen molar-refractivity contribution in [3.63, 3.8) is 0 Å². The number of rotatable bonds is 3. The molecule has 0 aromatic heterocycles. The van der Waals surface area contributed by atoms with E-state index in [2.05, 4.69) is 6.92 Å². The van der Waals surface area contributed by atoms with Crippen LogP contribution in [0.5, 0.6) is 0 Å². The molecular formula is C9H17NO. The maximum absolute atomic E-state index is 11.1. The minimum Gasteiger partial charge on any atom is -0.345 e. The van der Waals surface area contributed by atoms with Gasteiger partial charge >= 0.3 is 0 Å². The highest BCUT2D eigenvalue weighted by atomic mass is 16.2. The van der Waals surface area contributed by atoms with Crippen LogP contribution in [0.1, 0.15) is 26.7 Å². The first-order valence-corrected chi connectivity index (χ1v) is 4.39. The Morgan fingerprint density at radius 2 is 2.18 bits per heavy atom. The Morgan fingerprint density at radius 1 is 1.64 bits per heavy atom. The van der Waals surface area contributed by atoms with Gasteiger partial charge in [-0.25, -0.2) is 0 Å². The highest BCUT2D eigenvalue weighted by molar-refractivity contribution is 5.75. The van der Waals surface area contributed by atoms with Crippen LogP contribution in [0.4, 0.5) is 0 Å². The standard InChI is InChI=1S/C9H17NO/c1-4-9(11)10(3)6-8-5-7(8)2/h7-8H,4-6H2,1-3H3. The van der Waals surface area contributed by atoms with Gasteiger partial charge in [0.25, 0.3) is 0 Å². The molecule has 2 atom stereocenters. The summed E-state index contributed by atoms with van der Waals surface area (Å²) in [6.07, 6.45) is 1.94. The third-order valence-electron chi connectivity index (χ3n) is 2.51. The van der Waals surface area contributed by atoms with Gasteiger partial charge in [-0.3, -0.25) is 4.79 Å². The Bertz CT molecular complexity index is 156. The predicted molar refractivity (Wildman–Crippen MR) is 45.2 cm³/mol. The fourth-order valence-electron chi connectivity index (χ4n) is 1.38. The number of nitrogens with zero attached hydrogens (tertiary/aromatic N) is 1. The Morgan fingerprint density at radius 3 is 2.55 bits per heavy atom. The van der Waals surface area contributed by atoms with Gasteiger partial charge in [0.15, 0.2) is 0 Å². The quantitative estimate of drug-likeness (QED) is 0.605. The fourth-order valence-corrected chi connectivity index (χ4v) is 1.38. The molecule has 1 fully saturated rings. The van der Waals surface area contributed by atoms with E-state index < -0.39 is 0 Å². The van der Waals surface area contributed by atoms with Crippen LogP contribution < -0.4 is 0 Å². The van der Waals surface area contributed by atoms with Crippen LogP contribution in [0.3, 0.4) is 0 Å². The molecule has 0 aromatic carbocycles. The smallest absolute Gasteiger partial charge is 0.222 e. The summed E-state index contributed by atoms with van der Waals surface area (Å²) in [5, 5.41) is 0. The fraction of sp³-hybridized carbons (Fsp3) is 0.889. The van der Waals surface area contributed by atoms with E-state index in [-0.39, 0.29) is 5.91 Å². The van der Waals surface area contributed by atoms with Gasteiger partial charge in [-0.15, -0.1) is 0 Å². The third-order valence-corrected chi connectivity index (χ3v) is 2.51. The van der Waals surface area contributed by atoms with Crippen molar-refractivity contribution in [1.29, 1.82) is 0 Å². The largest absolute Gasteiger partial charge is 0.345 e. The van der Waals surface area contributed by atoms with Gasteiger partial charge in [0, 0.05) is 20.0 Å². The molecule has 0 spiro atoms. The molecule has 1 amide bonds. The normalized spacial score (nSPS) is 28.3. The lowest BCUT2D eigenvalue weighted by molar-refractivity contribution is -0.129. The summed E-state index contributed by atoms with van der Waals surface area (Å²) in [7, 11) is 1.90. The molecule has 0 aliphatic heterocycles. The first-order chi connectivity index (χ1) is 5.15. The summed E-state index contributed by atoms with van der Waals surface area (Å²) in [6.45, 7) is 5.12. The second-order valence-electron chi connectivity index (χ2n) is 3.60. The zero-order valence-electron chi connectivity index (χ0n) is 7.63. The number of carbonyl (C=O) groups is 1. The molecule has 11 heavy (non-hydrogen) atoms. The summed E-state index contributed by atoms with van der Waals surface area (Å²) in [5.74, 6) is 1.90. The lowest BCUT2D eigenvalue weighted by atomic mass is 10.3. The molecule has 0 radical (unpaired) electrons. The third kappa shape index (κ3) is 2.21. The van der Waals surface area contributed by atoms with E-state index in [1.165, 1.54) is 6.42 Å². The Balaban J connectivity index is 2.20. The van der Waals surface area contributed by atoms with Crippen molar-refractivity contribution in [2.24, 2.45) is 11.8 Å². The molecule has 1 saturated carbocycles. The Labute approximate surface area is 68.6 Å². The molecule has 2 unspecified atom stereocenters. The predicted octanol–water partition coefficient (Wildman–Crippen LogP) is 1.51. The van der Waals surface area contributed by atoms with Gasteiger partial charge in [0.2, 0.25) is 5.91 Å². The van der Waals surface area contributed by atoms with Gasteiger partial charge in [-0.1, -0.05) is 13.8 Å². The summed E-state index contributed by atoms with van der Waals surface area (Å²) in [4.78, 5) is 13.0. The molecule has 2 nitrogen and oxygen atoms in total. The molecule has 0 N–H and O–H groups in total. The van der Waals surface area contributed by atoms with Crippen LogP contribution in [0, 0.1) is 11.8 Å². The second kappa shape index (κ2) is 3.24. The van der Waals surface area contributed by atoms with Crippen molar-refractivity contribution < 1.29 is 4.79 Å². The molecule has 0 bridgehead atoms. The lowest BCUT2D eigenvalue weighted by Crippen LogP contribution is -2.28. The van der Waals surface area contributed by atoms with E-state index in [9.17, 15) is 4.79 Å². The van der Waals surface area contributed by atoms with E-state index in [1.807, 2.05) is 18.9 Å². The van der Waals surface area contributed by atoms with E-state index >= 15 is 0 Å². The van der Waals surface area contributed by atoms with Gasteiger partial charge < -0.3 is 4.90 Å². The molecule has 1 rings (SSSR count). The Kier molecular flexibility index (Phi) is 2.53. The maximum Gasteiger partial charge on any atom is 0.222 e. The molecule has 0 saturated heterocycles. The van der Waals surface area contributed by atoms with Crippen LogP contribution >= 0.6 is 0 Å². The number of hydrogen-bond acceptors (Lipinski definition) is 1. The van der Waals surface area contributed by atoms with Crippen molar-refractivity contribution in [3.8, 4) is 0 Å². The summed E-state index contributed by atoms with van der Waals surface area (Å²) in [6, 6.07) is 0. The average molecular weight is 155 g/mol. The summed E-state index contributed by atoms with van der Waals surface area (Å²) < 4.78 is 0. The van der Waals surface area contributed by atoms with Crippen LogP contribution in [0.15, 0.2) is 0 Å². The molecule has 0 heterocycles. The van der Waals surface area contributed by atoms with Crippen LogP contribution in [-0.4, -0.2) is 24.4 Å². The number of hydrogen-bond donors (Lipinski definition) is 0. The van der Waals surface area contributed by atoms with Crippen LogP contribution in [0.2, 0.25) is 0 Å². The topological polar surface area (TPSA) is 20.3 Å². The molecule has 1 aliphatic carbocycles. The summed E-state index contributed by atoms with van der Waals surface area (Å²) in [5.41, 5.74) is 0. The molecule has 2 heteroatoms. The minimum absolute atomic E-state index is 0.268. The number of amides is 1. The van der Waals surface area contributed by atoms with E-state index in [0.29, 0.717) is 6.42 Å². The van der Waals surface area contributed by atoms with Crippen molar-refractivity contribution in [2.75, 3.05) is 13.6 Å². The molecule has 64 valence electrons. The van der Waals surface area contributed by atoms with Crippen LogP contribution in [0.25, 0.3) is 0 Å².